The van der Waals surface area contributed by atoms with Crippen LogP contribution in [0.15, 0.2) is 76.8 Å². The summed E-state index contributed by atoms with van der Waals surface area (Å²) in [5, 5.41) is 4.05. The largest absolute Gasteiger partial charge is 0.497 e. The van der Waals surface area contributed by atoms with Gasteiger partial charge in [0.25, 0.3) is 5.56 Å². The number of methoxy groups -OCH3 is 1. The fourth-order valence-electron chi connectivity index (χ4n) is 3.79. The van der Waals surface area contributed by atoms with Crippen LogP contribution in [0.4, 0.5) is 0 Å². The number of thioether (sulfide) groups is 1. The number of hydrogen-bond acceptors (Lipinski definition) is 6. The van der Waals surface area contributed by atoms with Gasteiger partial charge in [-0.1, -0.05) is 55.9 Å². The number of aryl methyl sites for hydroxylation is 1. The number of para-hydroxylation sites is 1. The molecule has 0 aliphatic heterocycles. The first-order chi connectivity index (χ1) is 16.9. The second kappa shape index (κ2) is 10.7. The molecule has 35 heavy (non-hydrogen) atoms. The normalized spacial score (nSPS) is 12.0. The lowest BCUT2D eigenvalue weighted by molar-refractivity contribution is -0.119. The van der Waals surface area contributed by atoms with Crippen molar-refractivity contribution in [1.29, 1.82) is 0 Å². The molecule has 0 aliphatic carbocycles. The number of pyridine rings is 1. The molecule has 8 heteroatoms. The van der Waals surface area contributed by atoms with Crippen LogP contribution < -0.4 is 15.6 Å². The first-order valence-electron chi connectivity index (χ1n) is 11.4. The fraction of sp³-hybridized carbons (Fsp3) is 0.259. The molecule has 4 rings (SSSR count). The van der Waals surface area contributed by atoms with Gasteiger partial charge in [-0.25, -0.2) is 14.5 Å². The molecule has 2 aromatic heterocycles. The lowest BCUT2D eigenvalue weighted by Crippen LogP contribution is -2.33. The SMILES string of the molecule is COc1ccc(C(NC(=O)CSc2nc3ccccc3c(=O)n2-c2ccc(C)cn2)C(C)C)cc1. The highest BCUT2D eigenvalue weighted by molar-refractivity contribution is 7.99. The minimum atomic E-state index is -0.215. The van der Waals surface area contributed by atoms with Crippen molar-refractivity contribution in [2.45, 2.75) is 32.0 Å². The van der Waals surface area contributed by atoms with E-state index in [0.29, 0.717) is 21.9 Å². The highest BCUT2D eigenvalue weighted by Gasteiger charge is 2.20. The van der Waals surface area contributed by atoms with Crippen molar-refractivity contribution in [2.75, 3.05) is 12.9 Å². The first-order valence-corrected chi connectivity index (χ1v) is 12.4. The molecule has 0 saturated heterocycles. The molecule has 0 aliphatic rings. The van der Waals surface area contributed by atoms with Crippen molar-refractivity contribution >= 4 is 28.6 Å². The Hall–Kier alpha value is -3.65. The third kappa shape index (κ3) is 5.54. The van der Waals surface area contributed by atoms with E-state index >= 15 is 0 Å². The summed E-state index contributed by atoms with van der Waals surface area (Å²) >= 11 is 1.22. The topological polar surface area (TPSA) is 86.1 Å². The molecular weight excluding hydrogens is 460 g/mol. The second-order valence-corrected chi connectivity index (χ2v) is 9.54. The molecular formula is C27H28N4O3S. The number of hydrogen-bond donors (Lipinski definition) is 1. The molecule has 4 aromatic rings. The Labute approximate surface area is 208 Å². The fourth-order valence-corrected chi connectivity index (χ4v) is 4.61. The van der Waals surface area contributed by atoms with Gasteiger partial charge in [-0.15, -0.1) is 0 Å². The highest BCUT2D eigenvalue weighted by atomic mass is 32.2. The Morgan fingerprint density at radius 1 is 1.09 bits per heavy atom. The van der Waals surface area contributed by atoms with Gasteiger partial charge >= 0.3 is 0 Å². The van der Waals surface area contributed by atoms with Gasteiger partial charge in [-0.05, 0) is 54.3 Å². The average molecular weight is 489 g/mol. The summed E-state index contributed by atoms with van der Waals surface area (Å²) in [6.45, 7) is 6.06. The van der Waals surface area contributed by atoms with Crippen LogP contribution in [0.3, 0.4) is 0 Å². The van der Waals surface area contributed by atoms with Gasteiger partial charge < -0.3 is 10.1 Å². The number of nitrogens with zero attached hydrogens (tertiary/aromatic N) is 3. The first kappa shape index (κ1) is 24.5. The van der Waals surface area contributed by atoms with Gasteiger partial charge in [0.1, 0.15) is 11.6 Å². The summed E-state index contributed by atoms with van der Waals surface area (Å²) in [7, 11) is 1.63. The minimum Gasteiger partial charge on any atom is -0.497 e. The molecule has 1 amide bonds. The zero-order valence-corrected chi connectivity index (χ0v) is 21.0. The predicted molar refractivity (Wildman–Crippen MR) is 139 cm³/mol. The van der Waals surface area contributed by atoms with E-state index in [2.05, 4.69) is 24.1 Å². The molecule has 2 heterocycles. The van der Waals surface area contributed by atoms with Crippen LogP contribution in [-0.2, 0) is 4.79 Å². The van der Waals surface area contributed by atoms with E-state index in [1.54, 1.807) is 31.5 Å². The van der Waals surface area contributed by atoms with E-state index in [0.717, 1.165) is 16.9 Å². The number of carbonyl (C=O) groups excluding carboxylic acids is 1. The summed E-state index contributed by atoms with van der Waals surface area (Å²) in [4.78, 5) is 35.4. The van der Waals surface area contributed by atoms with E-state index in [4.69, 9.17) is 9.72 Å². The Balaban J connectivity index is 1.60. The van der Waals surface area contributed by atoms with Crippen LogP contribution in [-0.4, -0.2) is 33.3 Å². The van der Waals surface area contributed by atoms with Crippen LogP contribution in [0.25, 0.3) is 16.7 Å². The second-order valence-electron chi connectivity index (χ2n) is 8.60. The summed E-state index contributed by atoms with van der Waals surface area (Å²) in [5.74, 6) is 1.39. The molecule has 0 spiro atoms. The van der Waals surface area contributed by atoms with Crippen LogP contribution in [0.2, 0.25) is 0 Å². The van der Waals surface area contributed by atoms with E-state index in [1.165, 1.54) is 16.3 Å². The number of nitrogens with one attached hydrogen (secondary N) is 1. The van der Waals surface area contributed by atoms with Crippen LogP contribution in [0.1, 0.15) is 31.0 Å². The molecule has 0 fully saturated rings. The van der Waals surface area contributed by atoms with Gasteiger partial charge in [0.15, 0.2) is 5.16 Å². The van der Waals surface area contributed by atoms with Gasteiger partial charge in [-0.2, -0.15) is 0 Å². The Bertz CT molecular complexity index is 1380. The number of carbonyl (C=O) groups is 1. The number of benzene rings is 2. The maximum atomic E-state index is 13.3. The van der Waals surface area contributed by atoms with Crippen molar-refractivity contribution in [1.82, 2.24) is 19.9 Å². The lowest BCUT2D eigenvalue weighted by atomic mass is 9.96. The third-order valence-electron chi connectivity index (χ3n) is 5.66. The summed E-state index contributed by atoms with van der Waals surface area (Å²) < 4.78 is 6.72. The van der Waals surface area contributed by atoms with Crippen molar-refractivity contribution in [3.63, 3.8) is 0 Å². The van der Waals surface area contributed by atoms with Crippen molar-refractivity contribution < 1.29 is 9.53 Å². The Morgan fingerprint density at radius 2 is 1.83 bits per heavy atom. The van der Waals surface area contributed by atoms with E-state index in [9.17, 15) is 9.59 Å². The quantitative estimate of drug-likeness (QED) is 0.286. The third-order valence-corrected chi connectivity index (χ3v) is 6.60. The van der Waals surface area contributed by atoms with Gasteiger partial charge in [0.05, 0.1) is 29.8 Å². The Morgan fingerprint density at radius 3 is 2.49 bits per heavy atom. The number of rotatable bonds is 8. The maximum absolute atomic E-state index is 13.3. The summed E-state index contributed by atoms with van der Waals surface area (Å²) in [6, 6.07) is 18.4. The van der Waals surface area contributed by atoms with Gasteiger partial charge in [0, 0.05) is 6.20 Å². The molecule has 180 valence electrons. The summed E-state index contributed by atoms with van der Waals surface area (Å²) in [5.41, 5.74) is 2.36. The van der Waals surface area contributed by atoms with Crippen molar-refractivity contribution in [2.24, 2.45) is 5.92 Å². The number of ether oxygens (including phenoxy) is 1. The molecule has 2 aromatic carbocycles. The molecule has 7 nitrogen and oxygen atoms in total. The van der Waals surface area contributed by atoms with Crippen molar-refractivity contribution in [3.8, 4) is 11.6 Å². The summed E-state index contributed by atoms with van der Waals surface area (Å²) in [6.07, 6.45) is 1.71. The number of aromatic nitrogens is 3. The molecule has 1 N–H and O–H groups in total. The minimum absolute atomic E-state index is 0.107. The van der Waals surface area contributed by atoms with Gasteiger partial charge in [-0.3, -0.25) is 9.59 Å². The molecule has 0 radical (unpaired) electrons. The van der Waals surface area contributed by atoms with Crippen LogP contribution >= 0.6 is 11.8 Å². The van der Waals surface area contributed by atoms with E-state index < -0.39 is 0 Å². The molecule has 1 unspecified atom stereocenters. The standard InChI is InChI=1S/C27H28N4O3S/c1-17(2)25(19-10-12-20(34-4)13-11-19)30-24(32)16-35-27-29-22-8-6-5-7-21(22)26(33)31(27)23-14-9-18(3)15-28-23/h5-15,17,25H,16H2,1-4H3,(H,30,32). The average Bonchev–Trinajstić information content (AvgIpc) is 2.87. The smallest absolute Gasteiger partial charge is 0.267 e. The zero-order chi connectivity index (χ0) is 24.9. The van der Waals surface area contributed by atoms with Crippen LogP contribution in [0, 0.1) is 12.8 Å². The maximum Gasteiger partial charge on any atom is 0.267 e. The number of fused-ring (bicyclic) bond motifs is 1. The predicted octanol–water partition coefficient (Wildman–Crippen LogP) is 4.70. The Kier molecular flexibility index (Phi) is 7.51. The molecule has 1 atom stereocenters. The molecule has 0 bridgehead atoms. The van der Waals surface area contributed by atoms with Crippen LogP contribution in [0.5, 0.6) is 5.75 Å². The van der Waals surface area contributed by atoms with E-state index in [1.807, 2.05) is 49.4 Å². The van der Waals surface area contributed by atoms with E-state index in [-0.39, 0.29) is 29.2 Å². The lowest BCUT2D eigenvalue weighted by Gasteiger charge is -2.23. The molecule has 0 saturated carbocycles. The highest BCUT2D eigenvalue weighted by Crippen LogP contribution is 2.25. The van der Waals surface area contributed by atoms with Crippen molar-refractivity contribution in [3.05, 3.63) is 88.3 Å². The zero-order valence-electron chi connectivity index (χ0n) is 20.2. The van der Waals surface area contributed by atoms with Gasteiger partial charge in [0.2, 0.25) is 5.91 Å². The number of amides is 1. The monoisotopic (exact) mass is 488 g/mol.